The minimum absolute atomic E-state index is 0.0978. The summed E-state index contributed by atoms with van der Waals surface area (Å²) >= 11 is 0. The average Bonchev–Trinajstić information content (AvgIpc) is 3.70. The number of aromatic nitrogens is 3. The lowest BCUT2D eigenvalue weighted by Gasteiger charge is -2.30. The molecule has 0 unspecified atom stereocenters. The Morgan fingerprint density at radius 3 is 2.21 bits per heavy atom. The van der Waals surface area contributed by atoms with E-state index in [1.54, 1.807) is 43.8 Å². The number of rotatable bonds is 12. The van der Waals surface area contributed by atoms with Crippen molar-refractivity contribution in [2.75, 3.05) is 4.90 Å². The first-order chi connectivity index (χ1) is 26.0. The Bertz CT molecular complexity index is 1840. The molecule has 2 amide bonds. The van der Waals surface area contributed by atoms with Crippen molar-refractivity contribution >= 4 is 35.5 Å². The minimum Gasteiger partial charge on any atom is -0.475 e. The van der Waals surface area contributed by atoms with E-state index in [4.69, 9.17) is 28.8 Å². The van der Waals surface area contributed by atoms with Gasteiger partial charge in [-0.3, -0.25) is 10.1 Å². The molecule has 3 aromatic rings. The summed E-state index contributed by atoms with van der Waals surface area (Å²) in [5.41, 5.74) is -0.925. The SMILES string of the molecule is C[C@H](CC[C@H](C)Oc1cc(N(C(=O)OC(C)(C)C)c2cc([C@H]3CC[C@@H](OC(=O)Oc4ccc([N+](=O)[O-])cc4)C3)nn2C(C)(C)C)ccn1)NC(=O)OC(C)(C)C. The number of benzene rings is 1. The molecule has 16 nitrogen and oxygen atoms in total. The van der Waals surface area contributed by atoms with Gasteiger partial charge in [-0.15, -0.1) is 0 Å². The molecule has 1 aromatic carbocycles. The van der Waals surface area contributed by atoms with E-state index in [2.05, 4.69) is 10.3 Å². The van der Waals surface area contributed by atoms with Gasteiger partial charge >= 0.3 is 18.3 Å². The molecular weight excluding hydrogens is 724 g/mol. The van der Waals surface area contributed by atoms with Crippen molar-refractivity contribution in [1.82, 2.24) is 20.1 Å². The number of nitrogens with one attached hydrogen (secondary N) is 1. The van der Waals surface area contributed by atoms with Gasteiger partial charge in [-0.2, -0.15) is 5.10 Å². The van der Waals surface area contributed by atoms with Crippen LogP contribution >= 0.6 is 0 Å². The van der Waals surface area contributed by atoms with E-state index in [1.807, 2.05) is 61.5 Å². The molecule has 0 saturated heterocycles. The third kappa shape index (κ3) is 12.8. The van der Waals surface area contributed by atoms with Crippen LogP contribution in [0.3, 0.4) is 0 Å². The Labute approximate surface area is 328 Å². The van der Waals surface area contributed by atoms with Crippen LogP contribution in [0.5, 0.6) is 11.6 Å². The van der Waals surface area contributed by atoms with E-state index in [-0.39, 0.29) is 29.5 Å². The largest absolute Gasteiger partial charge is 0.514 e. The van der Waals surface area contributed by atoms with E-state index >= 15 is 0 Å². The Kier molecular flexibility index (Phi) is 13.6. The third-order valence-electron chi connectivity index (χ3n) is 8.53. The van der Waals surface area contributed by atoms with Crippen molar-refractivity contribution in [3.63, 3.8) is 0 Å². The van der Waals surface area contributed by atoms with Crippen LogP contribution < -0.4 is 19.7 Å². The molecular formula is C40H56N6O10. The van der Waals surface area contributed by atoms with Crippen molar-refractivity contribution in [1.29, 1.82) is 0 Å². The molecule has 16 heteroatoms. The molecule has 56 heavy (non-hydrogen) atoms. The van der Waals surface area contributed by atoms with E-state index in [0.717, 1.165) is 0 Å². The average molecular weight is 781 g/mol. The van der Waals surface area contributed by atoms with Gasteiger partial charge in [-0.25, -0.2) is 28.9 Å². The maximum Gasteiger partial charge on any atom is 0.514 e. The topological polar surface area (TPSA) is 186 Å². The van der Waals surface area contributed by atoms with Gasteiger partial charge in [-0.1, -0.05) is 0 Å². The summed E-state index contributed by atoms with van der Waals surface area (Å²) in [5.74, 6) is 0.803. The molecule has 0 spiro atoms. The zero-order valence-electron chi connectivity index (χ0n) is 34.3. The van der Waals surface area contributed by atoms with Gasteiger partial charge in [0.15, 0.2) is 0 Å². The Morgan fingerprint density at radius 1 is 0.946 bits per heavy atom. The first-order valence-electron chi connectivity index (χ1n) is 18.9. The highest BCUT2D eigenvalue weighted by atomic mass is 16.7. The van der Waals surface area contributed by atoms with Gasteiger partial charge in [0.1, 0.15) is 28.9 Å². The van der Waals surface area contributed by atoms with Crippen molar-refractivity contribution < 1.29 is 43.0 Å². The molecule has 2 heterocycles. The Balaban J connectivity index is 1.52. The number of nitro groups is 1. The second-order valence-corrected chi connectivity index (χ2v) is 17.1. The molecule has 0 aliphatic heterocycles. The van der Waals surface area contributed by atoms with Crippen LogP contribution in [-0.4, -0.2) is 67.5 Å². The smallest absolute Gasteiger partial charge is 0.475 e. The molecule has 2 aromatic heterocycles. The molecule has 4 atom stereocenters. The van der Waals surface area contributed by atoms with E-state index in [1.165, 1.54) is 29.2 Å². The van der Waals surface area contributed by atoms with Gasteiger partial charge in [0.2, 0.25) is 5.88 Å². The Morgan fingerprint density at radius 2 is 1.61 bits per heavy atom. The van der Waals surface area contributed by atoms with E-state index in [9.17, 15) is 24.5 Å². The standard InChI is InChI=1S/C40H56N6O10/c1-25(42-35(47)55-39(6,7)8)12-13-26(2)52-33-23-29(20-21-41-33)44(36(48)56-40(9,10)11)34-24-32(43-45(34)38(3,4)5)27-14-17-31(22-27)54-37(49)53-30-18-15-28(16-19-30)46(50)51/h15-16,18-21,23-27,31H,12-14,17,22H2,1-11H3,(H,42,47)/t25-,26+,27+,31-/m1/s1. The highest BCUT2D eigenvalue weighted by Gasteiger charge is 2.36. The van der Waals surface area contributed by atoms with Crippen LogP contribution in [0.1, 0.15) is 120 Å². The molecule has 4 rings (SSSR count). The maximum atomic E-state index is 14.1. The summed E-state index contributed by atoms with van der Waals surface area (Å²) in [7, 11) is 0. The minimum atomic E-state index is -0.904. The number of pyridine rings is 1. The molecule has 0 radical (unpaired) electrons. The number of ether oxygens (including phenoxy) is 5. The fourth-order valence-corrected chi connectivity index (χ4v) is 6.02. The second-order valence-electron chi connectivity index (χ2n) is 17.1. The van der Waals surface area contributed by atoms with Crippen molar-refractivity contribution in [3.05, 3.63) is 64.5 Å². The van der Waals surface area contributed by atoms with Crippen molar-refractivity contribution in [2.24, 2.45) is 0 Å². The summed E-state index contributed by atoms with van der Waals surface area (Å²) < 4.78 is 30.1. The molecule has 1 aliphatic rings. The molecule has 1 saturated carbocycles. The number of anilines is 2. The first kappa shape index (κ1) is 43.3. The molecule has 0 bridgehead atoms. The zero-order chi connectivity index (χ0) is 41.6. The van der Waals surface area contributed by atoms with Crippen molar-refractivity contribution in [3.8, 4) is 11.6 Å². The van der Waals surface area contributed by atoms with Crippen LogP contribution in [0.4, 0.5) is 31.6 Å². The number of amides is 2. The van der Waals surface area contributed by atoms with E-state index in [0.29, 0.717) is 55.2 Å². The number of nitrogens with zero attached hydrogens (tertiary/aromatic N) is 5. The summed E-state index contributed by atoms with van der Waals surface area (Å²) in [5, 5.41) is 18.8. The number of carbonyl (C=O) groups excluding carboxylic acids is 3. The lowest BCUT2D eigenvalue weighted by molar-refractivity contribution is -0.384. The number of carbonyl (C=O) groups is 3. The van der Waals surface area contributed by atoms with Crippen LogP contribution in [0.2, 0.25) is 0 Å². The summed E-state index contributed by atoms with van der Waals surface area (Å²) in [6, 6.07) is 10.2. The van der Waals surface area contributed by atoms with Crippen LogP contribution in [-0.2, 0) is 19.7 Å². The predicted octanol–water partition coefficient (Wildman–Crippen LogP) is 9.33. The van der Waals surface area contributed by atoms with Crippen LogP contribution in [0, 0.1) is 10.1 Å². The summed E-state index contributed by atoms with van der Waals surface area (Å²) in [4.78, 5) is 55.2. The van der Waals surface area contributed by atoms with Gasteiger partial charge in [0, 0.05) is 42.4 Å². The predicted molar refractivity (Wildman–Crippen MR) is 209 cm³/mol. The molecule has 1 N–H and O–H groups in total. The second kappa shape index (κ2) is 17.6. The fraction of sp³-hybridized carbons (Fsp3) is 0.575. The third-order valence-corrected chi connectivity index (χ3v) is 8.53. The first-order valence-corrected chi connectivity index (χ1v) is 18.9. The van der Waals surface area contributed by atoms with Crippen LogP contribution in [0.25, 0.3) is 0 Å². The highest BCUT2D eigenvalue weighted by molar-refractivity contribution is 5.95. The van der Waals surface area contributed by atoms with Crippen LogP contribution in [0.15, 0.2) is 48.7 Å². The normalized spacial score (nSPS) is 17.0. The maximum absolute atomic E-state index is 14.1. The lowest BCUT2D eigenvalue weighted by Crippen LogP contribution is -2.38. The van der Waals surface area contributed by atoms with E-state index < -0.39 is 46.1 Å². The fourth-order valence-electron chi connectivity index (χ4n) is 6.02. The van der Waals surface area contributed by atoms with Gasteiger partial charge in [-0.05, 0) is 126 Å². The lowest BCUT2D eigenvalue weighted by atomic mass is 10.0. The number of nitro benzene ring substituents is 1. The monoisotopic (exact) mass is 780 g/mol. The van der Waals surface area contributed by atoms with Gasteiger partial charge in [0.25, 0.3) is 5.69 Å². The number of hydrogen-bond acceptors (Lipinski definition) is 12. The summed E-state index contributed by atoms with van der Waals surface area (Å²) in [6.07, 6.45) is 1.78. The number of alkyl carbamates (subject to hydrolysis) is 1. The zero-order valence-corrected chi connectivity index (χ0v) is 34.3. The highest BCUT2D eigenvalue weighted by Crippen LogP contribution is 2.40. The number of hydrogen-bond donors (Lipinski definition) is 1. The molecule has 1 fully saturated rings. The number of non-ortho nitro benzene ring substituents is 1. The van der Waals surface area contributed by atoms with Crippen molar-refractivity contribution in [2.45, 2.75) is 149 Å². The van der Waals surface area contributed by atoms with Gasteiger partial charge < -0.3 is 29.0 Å². The molecule has 306 valence electrons. The molecule has 1 aliphatic carbocycles. The summed E-state index contributed by atoms with van der Waals surface area (Å²) in [6.45, 7) is 20.6. The Hall–Kier alpha value is -5.41. The quantitative estimate of drug-likeness (QED) is 0.0604. The van der Waals surface area contributed by atoms with Gasteiger partial charge in [0.05, 0.1) is 27.9 Å².